The Labute approximate surface area is 113 Å². The molecule has 19 heavy (non-hydrogen) atoms. The topological polar surface area (TPSA) is 69.6 Å². The molecule has 2 N–H and O–H groups in total. The van der Waals surface area contributed by atoms with Crippen LogP contribution in [0.15, 0.2) is 24.3 Å². The summed E-state index contributed by atoms with van der Waals surface area (Å²) in [5, 5.41) is 11.6. The molecule has 0 saturated heterocycles. The lowest BCUT2D eigenvalue weighted by molar-refractivity contribution is -0.142. The van der Waals surface area contributed by atoms with Crippen LogP contribution in [0.1, 0.15) is 19.4 Å². The molecule has 0 saturated carbocycles. The standard InChI is InChI=1S/C14H20N2O3/c1-4-11-6-5-7-12(8-11)15-13(17)9-16(3)10(2)14(18)19/h5-8,10H,4,9H2,1-3H3,(H,15,17)(H,18,19). The summed E-state index contributed by atoms with van der Waals surface area (Å²) in [4.78, 5) is 24.1. The van der Waals surface area contributed by atoms with Crippen molar-refractivity contribution in [3.8, 4) is 0 Å². The van der Waals surface area contributed by atoms with Gasteiger partial charge in [0, 0.05) is 5.69 Å². The van der Waals surface area contributed by atoms with Crippen molar-refractivity contribution in [2.75, 3.05) is 18.9 Å². The van der Waals surface area contributed by atoms with Crippen LogP contribution >= 0.6 is 0 Å². The van der Waals surface area contributed by atoms with Crippen molar-refractivity contribution in [1.29, 1.82) is 0 Å². The molecule has 1 atom stereocenters. The quantitative estimate of drug-likeness (QED) is 0.818. The summed E-state index contributed by atoms with van der Waals surface area (Å²) in [5.74, 6) is -1.16. The predicted octanol–water partition coefficient (Wildman–Crippen LogP) is 1.59. The van der Waals surface area contributed by atoms with Crippen LogP contribution in [0.25, 0.3) is 0 Å². The summed E-state index contributed by atoms with van der Waals surface area (Å²) in [7, 11) is 1.61. The summed E-state index contributed by atoms with van der Waals surface area (Å²) in [6, 6.07) is 6.93. The molecule has 104 valence electrons. The molecule has 0 aliphatic rings. The Morgan fingerprint density at radius 2 is 2.11 bits per heavy atom. The number of aryl methyl sites for hydroxylation is 1. The normalized spacial score (nSPS) is 12.2. The van der Waals surface area contributed by atoms with Crippen molar-refractivity contribution in [2.24, 2.45) is 0 Å². The van der Waals surface area contributed by atoms with Crippen LogP contribution in [0.4, 0.5) is 5.69 Å². The van der Waals surface area contributed by atoms with Gasteiger partial charge in [0.05, 0.1) is 6.54 Å². The van der Waals surface area contributed by atoms with Gasteiger partial charge in [-0.1, -0.05) is 19.1 Å². The summed E-state index contributed by atoms with van der Waals surface area (Å²) in [6.07, 6.45) is 0.902. The molecule has 0 aromatic heterocycles. The van der Waals surface area contributed by atoms with Crippen LogP contribution in [0.3, 0.4) is 0 Å². The number of carbonyl (C=O) groups is 2. The first kappa shape index (κ1) is 15.2. The average molecular weight is 264 g/mol. The molecule has 1 rings (SSSR count). The van der Waals surface area contributed by atoms with Crippen molar-refractivity contribution < 1.29 is 14.7 Å². The highest BCUT2D eigenvalue weighted by Gasteiger charge is 2.18. The monoisotopic (exact) mass is 264 g/mol. The van der Waals surface area contributed by atoms with Crippen LogP contribution < -0.4 is 5.32 Å². The molecule has 0 radical (unpaired) electrons. The summed E-state index contributed by atoms with van der Waals surface area (Å²) < 4.78 is 0. The van der Waals surface area contributed by atoms with Crippen LogP contribution in [-0.2, 0) is 16.0 Å². The molecule has 0 aliphatic heterocycles. The second-order valence-corrected chi connectivity index (χ2v) is 4.53. The van der Waals surface area contributed by atoms with Gasteiger partial charge in [-0.2, -0.15) is 0 Å². The van der Waals surface area contributed by atoms with Gasteiger partial charge in [0.15, 0.2) is 0 Å². The zero-order valence-corrected chi connectivity index (χ0v) is 11.5. The molecule has 0 spiro atoms. The highest BCUT2D eigenvalue weighted by molar-refractivity contribution is 5.92. The summed E-state index contributed by atoms with van der Waals surface area (Å²) >= 11 is 0. The minimum absolute atomic E-state index is 0.0455. The number of likely N-dealkylation sites (N-methyl/N-ethyl adjacent to an activating group) is 1. The third kappa shape index (κ3) is 4.71. The number of benzene rings is 1. The lowest BCUT2D eigenvalue weighted by atomic mass is 10.1. The van der Waals surface area contributed by atoms with Gasteiger partial charge in [-0.05, 0) is 38.1 Å². The number of hydrogen-bond donors (Lipinski definition) is 2. The zero-order valence-electron chi connectivity index (χ0n) is 11.5. The number of aliphatic carboxylic acids is 1. The fourth-order valence-electron chi connectivity index (χ4n) is 1.62. The molecule has 0 bridgehead atoms. The van der Waals surface area contributed by atoms with E-state index in [0.29, 0.717) is 0 Å². The molecule has 0 aliphatic carbocycles. The average Bonchev–Trinajstić information content (AvgIpc) is 2.37. The van der Waals surface area contributed by atoms with E-state index in [0.717, 1.165) is 17.7 Å². The van der Waals surface area contributed by atoms with Crippen molar-refractivity contribution in [1.82, 2.24) is 4.90 Å². The molecule has 5 heteroatoms. The van der Waals surface area contributed by atoms with E-state index in [-0.39, 0.29) is 12.5 Å². The number of nitrogens with zero attached hydrogens (tertiary/aromatic N) is 1. The smallest absolute Gasteiger partial charge is 0.320 e. The fourth-order valence-corrected chi connectivity index (χ4v) is 1.62. The minimum atomic E-state index is -0.941. The van der Waals surface area contributed by atoms with E-state index in [9.17, 15) is 9.59 Å². The van der Waals surface area contributed by atoms with Gasteiger partial charge in [-0.25, -0.2) is 0 Å². The fraction of sp³-hybridized carbons (Fsp3) is 0.429. The molecule has 0 heterocycles. The van der Waals surface area contributed by atoms with Gasteiger partial charge >= 0.3 is 5.97 Å². The van der Waals surface area contributed by atoms with Gasteiger partial charge in [0.2, 0.25) is 5.91 Å². The largest absolute Gasteiger partial charge is 0.480 e. The molecular weight excluding hydrogens is 244 g/mol. The summed E-state index contributed by atoms with van der Waals surface area (Å²) in [5.41, 5.74) is 1.88. The first-order chi connectivity index (χ1) is 8.93. The van der Waals surface area contributed by atoms with Crippen molar-refractivity contribution >= 4 is 17.6 Å². The molecule has 5 nitrogen and oxygen atoms in total. The van der Waals surface area contributed by atoms with Gasteiger partial charge in [-0.3, -0.25) is 14.5 Å². The number of rotatable bonds is 6. The number of carbonyl (C=O) groups excluding carboxylic acids is 1. The van der Waals surface area contributed by atoms with E-state index in [2.05, 4.69) is 5.32 Å². The third-order valence-corrected chi connectivity index (χ3v) is 3.03. The number of carboxylic acid groups (broad SMARTS) is 1. The molecule has 1 aromatic rings. The van der Waals surface area contributed by atoms with Crippen molar-refractivity contribution in [3.05, 3.63) is 29.8 Å². The number of amides is 1. The van der Waals surface area contributed by atoms with E-state index < -0.39 is 12.0 Å². The van der Waals surface area contributed by atoms with Crippen LogP contribution in [0.5, 0.6) is 0 Å². The maximum Gasteiger partial charge on any atom is 0.320 e. The van der Waals surface area contributed by atoms with Gasteiger partial charge in [-0.15, -0.1) is 0 Å². The molecular formula is C14H20N2O3. The SMILES string of the molecule is CCc1cccc(NC(=O)CN(C)C(C)C(=O)O)c1. The number of hydrogen-bond acceptors (Lipinski definition) is 3. The lowest BCUT2D eigenvalue weighted by Gasteiger charge is -2.20. The van der Waals surface area contributed by atoms with E-state index in [1.54, 1.807) is 14.0 Å². The zero-order chi connectivity index (χ0) is 14.4. The first-order valence-corrected chi connectivity index (χ1v) is 6.26. The Morgan fingerprint density at radius 1 is 1.42 bits per heavy atom. The Hall–Kier alpha value is -1.88. The van der Waals surface area contributed by atoms with Crippen molar-refractivity contribution in [2.45, 2.75) is 26.3 Å². The molecule has 1 aromatic carbocycles. The Bertz CT molecular complexity index is 460. The number of carboxylic acids is 1. The highest BCUT2D eigenvalue weighted by atomic mass is 16.4. The minimum Gasteiger partial charge on any atom is -0.480 e. The van der Waals surface area contributed by atoms with E-state index in [1.165, 1.54) is 4.90 Å². The molecule has 0 fully saturated rings. The molecule has 1 unspecified atom stereocenters. The van der Waals surface area contributed by atoms with Crippen molar-refractivity contribution in [3.63, 3.8) is 0 Å². The second-order valence-electron chi connectivity index (χ2n) is 4.53. The first-order valence-electron chi connectivity index (χ1n) is 6.26. The van der Waals surface area contributed by atoms with E-state index in [4.69, 9.17) is 5.11 Å². The van der Waals surface area contributed by atoms with Gasteiger partial charge in [0.1, 0.15) is 6.04 Å². The second kappa shape index (κ2) is 6.89. The van der Waals surface area contributed by atoms with Crippen LogP contribution in [0, 0.1) is 0 Å². The predicted molar refractivity (Wildman–Crippen MR) is 74.2 cm³/mol. The highest BCUT2D eigenvalue weighted by Crippen LogP contribution is 2.11. The molecule has 1 amide bonds. The Morgan fingerprint density at radius 3 is 2.68 bits per heavy atom. The van der Waals surface area contributed by atoms with E-state index in [1.807, 2.05) is 31.2 Å². The summed E-state index contributed by atoms with van der Waals surface area (Å²) in [6.45, 7) is 3.64. The number of nitrogens with one attached hydrogen (secondary N) is 1. The maximum atomic E-state index is 11.8. The number of anilines is 1. The van der Waals surface area contributed by atoms with Gasteiger partial charge in [0.25, 0.3) is 0 Å². The lowest BCUT2D eigenvalue weighted by Crippen LogP contribution is -2.40. The van der Waals surface area contributed by atoms with Crippen LogP contribution in [0.2, 0.25) is 0 Å². The maximum absolute atomic E-state index is 11.8. The van der Waals surface area contributed by atoms with Crippen LogP contribution in [-0.4, -0.2) is 41.5 Å². The van der Waals surface area contributed by atoms with Gasteiger partial charge < -0.3 is 10.4 Å². The Kier molecular flexibility index (Phi) is 5.51. The van der Waals surface area contributed by atoms with E-state index >= 15 is 0 Å². The third-order valence-electron chi connectivity index (χ3n) is 3.03. The Balaban J connectivity index is 2.57.